The van der Waals surface area contributed by atoms with Crippen LogP contribution < -0.4 is 11.1 Å². The lowest BCUT2D eigenvalue weighted by Gasteiger charge is -2.40. The fourth-order valence-corrected chi connectivity index (χ4v) is 5.13. The van der Waals surface area contributed by atoms with Crippen LogP contribution in [0.1, 0.15) is 11.1 Å². The van der Waals surface area contributed by atoms with Crippen molar-refractivity contribution in [1.29, 1.82) is 0 Å². The van der Waals surface area contributed by atoms with Gasteiger partial charge in [-0.05, 0) is 17.7 Å². The Morgan fingerprint density at radius 1 is 1.08 bits per heavy atom. The van der Waals surface area contributed by atoms with Crippen molar-refractivity contribution in [2.75, 3.05) is 32.0 Å². The molecule has 1 aromatic carbocycles. The molecule has 1 atom stereocenters. The molecule has 1 aliphatic heterocycles. The van der Waals surface area contributed by atoms with E-state index < -0.39 is 52.2 Å². The van der Waals surface area contributed by atoms with Crippen LogP contribution in [0.5, 0.6) is 0 Å². The van der Waals surface area contributed by atoms with Gasteiger partial charge in [0.05, 0.1) is 0 Å². The number of nitrogens with zero attached hydrogens (tertiary/aromatic N) is 2. The van der Waals surface area contributed by atoms with Gasteiger partial charge < -0.3 is 15.9 Å². The molecule has 196 valence electrons. The first-order chi connectivity index (χ1) is 16.6. The second-order valence-corrected chi connectivity index (χ2v) is 9.77. The predicted molar refractivity (Wildman–Crippen MR) is 114 cm³/mol. The maximum atomic E-state index is 13.2. The molecule has 8 nitrogen and oxygen atoms in total. The van der Waals surface area contributed by atoms with Crippen molar-refractivity contribution >= 4 is 15.8 Å². The van der Waals surface area contributed by atoms with Crippen molar-refractivity contribution in [1.82, 2.24) is 14.6 Å². The molecule has 3 rings (SSSR count). The van der Waals surface area contributed by atoms with Crippen LogP contribution in [-0.4, -0.2) is 66.5 Å². The monoisotopic (exact) mass is 538 g/mol. The van der Waals surface area contributed by atoms with Crippen LogP contribution in [0.15, 0.2) is 47.5 Å². The van der Waals surface area contributed by atoms with Crippen molar-refractivity contribution < 1.29 is 45.0 Å². The zero-order valence-electron chi connectivity index (χ0n) is 18.2. The third kappa shape index (κ3) is 4.87. The van der Waals surface area contributed by atoms with E-state index in [0.717, 1.165) is 22.6 Å². The lowest BCUT2D eigenvalue weighted by Crippen LogP contribution is -2.59. The van der Waals surface area contributed by atoms with Crippen molar-refractivity contribution in [3.8, 4) is 11.8 Å². The third-order valence-electron chi connectivity index (χ3n) is 5.60. The summed E-state index contributed by atoms with van der Waals surface area (Å²) in [5, 5.41) is 21.7. The van der Waals surface area contributed by atoms with Gasteiger partial charge in [-0.25, -0.2) is 13.4 Å². The highest BCUT2D eigenvalue weighted by molar-refractivity contribution is 7.89. The minimum absolute atomic E-state index is 0.00146. The number of anilines is 1. The molecule has 15 heteroatoms. The van der Waals surface area contributed by atoms with Crippen LogP contribution in [0.25, 0.3) is 0 Å². The molecule has 1 saturated heterocycles. The van der Waals surface area contributed by atoms with Gasteiger partial charge in [-0.15, -0.1) is 0 Å². The molecule has 2 heterocycles. The summed E-state index contributed by atoms with van der Waals surface area (Å²) in [6.07, 6.45) is -11.1. The zero-order chi connectivity index (χ0) is 27.0. The van der Waals surface area contributed by atoms with Crippen LogP contribution in [0.2, 0.25) is 0 Å². The summed E-state index contributed by atoms with van der Waals surface area (Å²) >= 11 is 0. The lowest BCUT2D eigenvalue weighted by molar-refractivity contribution is -0.376. The first kappa shape index (κ1) is 27.7. The highest BCUT2D eigenvalue weighted by Crippen LogP contribution is 2.50. The van der Waals surface area contributed by atoms with E-state index in [1.807, 2.05) is 0 Å². The Morgan fingerprint density at radius 2 is 1.69 bits per heavy atom. The molecule has 36 heavy (non-hydrogen) atoms. The Labute approximate surface area is 201 Å². The average Bonchev–Trinajstić information content (AvgIpc) is 2.81. The summed E-state index contributed by atoms with van der Waals surface area (Å²) in [5.74, 6) is 5.05. The molecule has 0 spiro atoms. The van der Waals surface area contributed by atoms with E-state index in [0.29, 0.717) is 12.1 Å². The normalized spacial score (nSPS) is 20.0. The van der Waals surface area contributed by atoms with Gasteiger partial charge in [0.15, 0.2) is 0 Å². The number of aliphatic hydroxyl groups excluding tert-OH is 1. The van der Waals surface area contributed by atoms with Gasteiger partial charge in [0.25, 0.3) is 5.60 Å². The molecule has 1 fully saturated rings. The molecule has 0 saturated carbocycles. The van der Waals surface area contributed by atoms with Gasteiger partial charge in [-0.2, -0.15) is 30.6 Å². The smallest absolute Gasteiger partial charge is 0.384 e. The van der Waals surface area contributed by atoms with E-state index in [9.17, 15) is 45.0 Å². The number of piperazine rings is 1. The molecular weight excluding hydrogens is 518 g/mol. The highest BCUT2D eigenvalue weighted by Gasteiger charge is 2.71. The van der Waals surface area contributed by atoms with Crippen molar-refractivity contribution in [3.05, 3.63) is 53.7 Å². The summed E-state index contributed by atoms with van der Waals surface area (Å²) in [4.78, 5) is 3.55. The number of aromatic nitrogens is 1. The van der Waals surface area contributed by atoms with Crippen LogP contribution in [0, 0.1) is 11.8 Å². The standard InChI is InChI=1S/C21H20F6N4O4S/c22-20(23,24)19(33,21(25,26)27)15-4-2-14(3-5-15)18(8-1-11-32)13-31(10-9-30-18)36(34,35)16-6-7-17(28)29-12-16/h2-7,12,30,32-33H,9-11,13H2,(H2,28,29)/t18-/m1/s1. The second-order valence-electron chi connectivity index (χ2n) is 7.83. The number of nitrogens with two attached hydrogens (primary N) is 1. The first-order valence-corrected chi connectivity index (χ1v) is 11.6. The third-order valence-corrected chi connectivity index (χ3v) is 7.42. The average molecular weight is 538 g/mol. The maximum absolute atomic E-state index is 13.2. The molecule has 2 aromatic rings. The number of benzene rings is 1. The highest BCUT2D eigenvalue weighted by atomic mass is 32.2. The van der Waals surface area contributed by atoms with Gasteiger partial charge in [-0.3, -0.25) is 5.32 Å². The summed E-state index contributed by atoms with van der Waals surface area (Å²) < 4.78 is 107. The second kappa shape index (κ2) is 9.52. The molecule has 1 aromatic heterocycles. The number of nitrogens with one attached hydrogen (secondary N) is 1. The summed E-state index contributed by atoms with van der Waals surface area (Å²) in [7, 11) is -4.15. The summed E-state index contributed by atoms with van der Waals surface area (Å²) in [6, 6.07) is 5.13. The number of alkyl halides is 6. The Bertz CT molecular complexity index is 1240. The number of hydrogen-bond acceptors (Lipinski definition) is 7. The molecule has 0 radical (unpaired) electrons. The molecule has 0 unspecified atom stereocenters. The number of pyridine rings is 1. The fraction of sp³-hybridized carbons (Fsp3) is 0.381. The minimum Gasteiger partial charge on any atom is -0.384 e. The molecule has 0 amide bonds. The number of rotatable bonds is 4. The Morgan fingerprint density at radius 3 is 2.19 bits per heavy atom. The van der Waals surface area contributed by atoms with E-state index in [-0.39, 0.29) is 29.4 Å². The van der Waals surface area contributed by atoms with Gasteiger partial charge in [0.2, 0.25) is 10.0 Å². The fourth-order valence-electron chi connectivity index (χ4n) is 3.72. The lowest BCUT2D eigenvalue weighted by atomic mass is 9.85. The topological polar surface area (TPSA) is 129 Å². The quantitative estimate of drug-likeness (QED) is 0.343. The van der Waals surface area contributed by atoms with Gasteiger partial charge in [0.1, 0.15) is 22.9 Å². The Kier molecular flexibility index (Phi) is 7.32. The number of hydrogen-bond donors (Lipinski definition) is 4. The minimum atomic E-state index is -6.07. The Hall–Kier alpha value is -2.90. The summed E-state index contributed by atoms with van der Waals surface area (Å²) in [5.41, 5.74) is -2.72. The van der Waals surface area contributed by atoms with Gasteiger partial charge in [-0.1, -0.05) is 36.1 Å². The number of halogens is 6. The number of sulfonamides is 1. The van der Waals surface area contributed by atoms with Crippen LogP contribution in [0.4, 0.5) is 32.2 Å². The molecule has 1 aliphatic rings. The number of nitrogen functional groups attached to an aromatic ring is 1. The van der Waals surface area contributed by atoms with E-state index in [4.69, 9.17) is 5.73 Å². The zero-order valence-corrected chi connectivity index (χ0v) is 19.0. The largest absolute Gasteiger partial charge is 0.430 e. The molecule has 5 N–H and O–H groups in total. The van der Waals surface area contributed by atoms with E-state index in [2.05, 4.69) is 22.1 Å². The SMILES string of the molecule is Nc1ccc(S(=O)(=O)N2CCN[C@@](C#CCO)(c3ccc(C(O)(C(F)(F)F)C(F)(F)F)cc3)C2)cn1. The maximum Gasteiger partial charge on any atom is 0.430 e. The van der Waals surface area contributed by atoms with E-state index >= 15 is 0 Å². The van der Waals surface area contributed by atoms with E-state index in [1.54, 1.807) is 0 Å². The summed E-state index contributed by atoms with van der Waals surface area (Å²) in [6.45, 7) is -1.11. The van der Waals surface area contributed by atoms with Crippen LogP contribution in [-0.2, 0) is 21.2 Å². The molecule has 0 aliphatic carbocycles. The molecule has 0 bridgehead atoms. The van der Waals surface area contributed by atoms with Crippen molar-refractivity contribution in [2.45, 2.75) is 28.4 Å². The first-order valence-electron chi connectivity index (χ1n) is 10.1. The van der Waals surface area contributed by atoms with Crippen LogP contribution >= 0.6 is 0 Å². The van der Waals surface area contributed by atoms with Crippen molar-refractivity contribution in [3.63, 3.8) is 0 Å². The van der Waals surface area contributed by atoms with Crippen molar-refractivity contribution in [2.24, 2.45) is 0 Å². The van der Waals surface area contributed by atoms with E-state index in [1.165, 1.54) is 12.1 Å². The van der Waals surface area contributed by atoms with Crippen LogP contribution in [0.3, 0.4) is 0 Å². The molecular formula is C21H20F6N4O4S. The predicted octanol–water partition coefficient (Wildman–Crippen LogP) is 1.46. The van der Waals surface area contributed by atoms with Gasteiger partial charge >= 0.3 is 12.4 Å². The number of aliphatic hydroxyl groups is 2. The Balaban J connectivity index is 2.05. The van der Waals surface area contributed by atoms with Gasteiger partial charge in [0, 0.05) is 31.4 Å².